The van der Waals surface area contributed by atoms with Crippen molar-refractivity contribution in [3.8, 4) is 0 Å². The van der Waals surface area contributed by atoms with Crippen molar-refractivity contribution in [2.24, 2.45) is 0 Å². The summed E-state index contributed by atoms with van der Waals surface area (Å²) < 4.78 is 17.1. The number of esters is 2. The van der Waals surface area contributed by atoms with Gasteiger partial charge in [-0.2, -0.15) is 0 Å². The van der Waals surface area contributed by atoms with Gasteiger partial charge in [-0.3, -0.25) is 9.59 Å². The first-order valence-electron chi connectivity index (χ1n) is 20.5. The summed E-state index contributed by atoms with van der Waals surface area (Å²) in [6.07, 6.45) is 43.8. The van der Waals surface area contributed by atoms with E-state index in [1.807, 2.05) is 21.1 Å². The van der Waals surface area contributed by atoms with Crippen molar-refractivity contribution in [3.63, 3.8) is 0 Å². The highest BCUT2D eigenvalue weighted by Crippen LogP contribution is 2.12. The summed E-state index contributed by atoms with van der Waals surface area (Å²) in [6, 6.07) is -0.627. The third-order valence-electron chi connectivity index (χ3n) is 8.59. The Morgan fingerprint density at radius 3 is 1.62 bits per heavy atom. The van der Waals surface area contributed by atoms with Crippen molar-refractivity contribution in [3.05, 3.63) is 72.9 Å². The predicted octanol–water partition coefficient (Wildman–Crippen LogP) is 10.8. The van der Waals surface area contributed by atoms with Crippen LogP contribution in [0, 0.1) is 0 Å². The lowest BCUT2D eigenvalue weighted by Gasteiger charge is -2.31. The fourth-order valence-electron chi connectivity index (χ4n) is 5.41. The molecule has 0 bridgehead atoms. The van der Waals surface area contributed by atoms with Crippen LogP contribution in [0.5, 0.6) is 0 Å². The van der Waals surface area contributed by atoms with Gasteiger partial charge < -0.3 is 23.8 Å². The highest BCUT2D eigenvalue weighted by atomic mass is 16.6. The van der Waals surface area contributed by atoms with Crippen molar-refractivity contribution in [1.82, 2.24) is 0 Å². The average Bonchev–Trinajstić information content (AvgIpc) is 3.11. The van der Waals surface area contributed by atoms with Crippen molar-refractivity contribution in [1.29, 1.82) is 0 Å². The molecule has 302 valence electrons. The van der Waals surface area contributed by atoms with E-state index in [0.717, 1.165) is 77.0 Å². The SMILES string of the molecule is CC/C=C/C/C=C/CCCCCCCC(=O)OC(COCCC(C(=O)O)[N+](C)(C)C)COC(=O)CCC/C=C/C/C=C/C/C=C/C/C=C/CCCCC. The third kappa shape index (κ3) is 34.3. The fourth-order valence-corrected chi connectivity index (χ4v) is 5.41. The Balaban J connectivity index is 4.50. The zero-order chi connectivity index (χ0) is 39.3. The number of carboxylic acids is 1. The lowest BCUT2D eigenvalue weighted by atomic mass is 10.1. The molecule has 0 fully saturated rings. The average molecular weight is 743 g/mol. The van der Waals surface area contributed by atoms with Gasteiger partial charge in [-0.05, 0) is 77.0 Å². The third-order valence-corrected chi connectivity index (χ3v) is 8.59. The first-order chi connectivity index (χ1) is 25.6. The van der Waals surface area contributed by atoms with Crippen LogP contribution in [-0.2, 0) is 28.6 Å². The zero-order valence-electron chi connectivity index (χ0n) is 34.2. The van der Waals surface area contributed by atoms with E-state index in [0.29, 0.717) is 19.3 Å². The van der Waals surface area contributed by atoms with Crippen LogP contribution in [0.25, 0.3) is 0 Å². The van der Waals surface area contributed by atoms with Gasteiger partial charge in [-0.15, -0.1) is 0 Å². The van der Waals surface area contributed by atoms with Gasteiger partial charge in [-0.1, -0.05) is 119 Å². The molecule has 0 aliphatic heterocycles. The molecule has 0 aromatic rings. The minimum atomic E-state index is -0.888. The number of aliphatic carboxylic acids is 1. The number of nitrogens with zero attached hydrogens (tertiary/aromatic N) is 1. The maximum atomic E-state index is 12.7. The molecule has 1 N–H and O–H groups in total. The van der Waals surface area contributed by atoms with Crippen LogP contribution in [0.1, 0.15) is 142 Å². The summed E-state index contributed by atoms with van der Waals surface area (Å²) in [7, 11) is 5.49. The second-order valence-corrected chi connectivity index (χ2v) is 14.5. The van der Waals surface area contributed by atoms with Crippen LogP contribution in [0.2, 0.25) is 0 Å². The maximum Gasteiger partial charge on any atom is 0.362 e. The van der Waals surface area contributed by atoms with E-state index >= 15 is 0 Å². The Bertz CT molecular complexity index is 1100. The molecular weight excluding hydrogens is 666 g/mol. The minimum Gasteiger partial charge on any atom is -0.477 e. The van der Waals surface area contributed by atoms with Crippen LogP contribution in [0.3, 0.4) is 0 Å². The molecule has 53 heavy (non-hydrogen) atoms. The van der Waals surface area contributed by atoms with Gasteiger partial charge in [0.2, 0.25) is 0 Å². The van der Waals surface area contributed by atoms with Gasteiger partial charge in [0.15, 0.2) is 12.1 Å². The Morgan fingerprint density at radius 2 is 1.08 bits per heavy atom. The van der Waals surface area contributed by atoms with Gasteiger partial charge in [-0.25, -0.2) is 4.79 Å². The molecule has 0 aromatic heterocycles. The van der Waals surface area contributed by atoms with Gasteiger partial charge in [0.05, 0.1) is 34.4 Å². The first kappa shape index (κ1) is 49.8. The molecule has 0 saturated carbocycles. The van der Waals surface area contributed by atoms with Crippen molar-refractivity contribution in [2.75, 3.05) is 41.0 Å². The minimum absolute atomic E-state index is 0.0342. The van der Waals surface area contributed by atoms with Crippen LogP contribution in [0.15, 0.2) is 72.9 Å². The van der Waals surface area contributed by atoms with Crippen LogP contribution < -0.4 is 0 Å². The van der Waals surface area contributed by atoms with Gasteiger partial charge in [0.25, 0.3) is 0 Å². The normalized spacial score (nSPS) is 13.8. The Kier molecular flexibility index (Phi) is 33.6. The Hall–Kier alpha value is -3.23. The van der Waals surface area contributed by atoms with E-state index in [-0.39, 0.29) is 42.7 Å². The van der Waals surface area contributed by atoms with E-state index in [1.54, 1.807) is 0 Å². The molecule has 8 heteroatoms. The topological polar surface area (TPSA) is 99.1 Å². The molecule has 0 heterocycles. The number of carbonyl (C=O) groups excluding carboxylic acids is 2. The molecule has 0 aliphatic carbocycles. The molecular formula is C45H76NO7+. The summed E-state index contributed by atoms with van der Waals surface area (Å²) in [4.78, 5) is 36.8. The summed E-state index contributed by atoms with van der Waals surface area (Å²) in [5, 5.41) is 9.59. The summed E-state index contributed by atoms with van der Waals surface area (Å²) in [5.41, 5.74) is 0. The van der Waals surface area contributed by atoms with Crippen molar-refractivity contribution >= 4 is 17.9 Å². The molecule has 0 amide bonds. The summed E-state index contributed by atoms with van der Waals surface area (Å²) in [6.45, 7) is 4.50. The Morgan fingerprint density at radius 1 is 0.585 bits per heavy atom. The number of quaternary nitrogens is 1. The smallest absolute Gasteiger partial charge is 0.362 e. The molecule has 0 saturated heterocycles. The van der Waals surface area contributed by atoms with E-state index in [4.69, 9.17) is 14.2 Å². The molecule has 2 atom stereocenters. The van der Waals surface area contributed by atoms with Crippen molar-refractivity contribution < 1.29 is 38.2 Å². The van der Waals surface area contributed by atoms with E-state index in [1.165, 1.54) is 25.7 Å². The van der Waals surface area contributed by atoms with Crippen LogP contribution >= 0.6 is 0 Å². The van der Waals surface area contributed by atoms with Gasteiger partial charge in [0.1, 0.15) is 6.61 Å². The molecule has 0 aromatic carbocycles. The lowest BCUT2D eigenvalue weighted by Crippen LogP contribution is -2.50. The lowest BCUT2D eigenvalue weighted by molar-refractivity contribution is -0.887. The largest absolute Gasteiger partial charge is 0.477 e. The number of carboxylic acid groups (broad SMARTS) is 1. The first-order valence-corrected chi connectivity index (χ1v) is 20.5. The molecule has 0 radical (unpaired) electrons. The predicted molar refractivity (Wildman–Crippen MR) is 220 cm³/mol. The molecule has 8 nitrogen and oxygen atoms in total. The van der Waals surface area contributed by atoms with Crippen LogP contribution in [0.4, 0.5) is 0 Å². The highest BCUT2D eigenvalue weighted by molar-refractivity contribution is 5.72. The second kappa shape index (κ2) is 35.8. The van der Waals surface area contributed by atoms with Gasteiger partial charge in [0, 0.05) is 19.3 Å². The highest BCUT2D eigenvalue weighted by Gasteiger charge is 2.31. The maximum absolute atomic E-state index is 12.7. The number of carbonyl (C=O) groups is 3. The molecule has 2 unspecified atom stereocenters. The number of hydrogen-bond acceptors (Lipinski definition) is 6. The number of allylic oxidation sites excluding steroid dienone is 12. The zero-order valence-corrected chi connectivity index (χ0v) is 34.2. The number of unbranched alkanes of at least 4 members (excludes halogenated alkanes) is 9. The van der Waals surface area contributed by atoms with E-state index < -0.39 is 18.1 Å². The molecule has 0 aliphatic rings. The summed E-state index contributed by atoms with van der Waals surface area (Å²) >= 11 is 0. The second-order valence-electron chi connectivity index (χ2n) is 14.5. The number of rotatable bonds is 35. The Labute approximate surface area is 323 Å². The van der Waals surface area contributed by atoms with E-state index in [2.05, 4.69) is 86.8 Å². The number of ether oxygens (including phenoxy) is 3. The van der Waals surface area contributed by atoms with E-state index in [9.17, 15) is 19.5 Å². The van der Waals surface area contributed by atoms with Crippen molar-refractivity contribution in [2.45, 2.75) is 154 Å². The standard InChI is InChI=1S/C45H75NO7/c1-6-8-10-12-14-16-18-20-21-22-23-24-26-27-29-31-33-35-43(47)52-40-41(39-51-38-37-42(45(49)50)46(3,4)5)53-44(48)36-34-32-30-28-25-19-17-15-13-11-9-7-2/h9,11,14-17,20-21,23-24,27,29,41-42H,6-8,10,12-13,18-19,22,25-26,28,30-40H2,1-5H3/p+1/b11-9+,16-14+,17-15+,21-20+,24-23+,29-27+. The number of hydrogen-bond donors (Lipinski definition) is 1. The quantitative estimate of drug-likeness (QED) is 0.0299. The summed E-state index contributed by atoms with van der Waals surface area (Å²) in [5.74, 6) is -1.57. The fraction of sp³-hybridized carbons (Fsp3) is 0.667. The molecule has 0 rings (SSSR count). The van der Waals surface area contributed by atoms with Crippen LogP contribution in [-0.4, -0.2) is 80.6 Å². The molecule has 0 spiro atoms. The monoisotopic (exact) mass is 743 g/mol. The number of likely N-dealkylation sites (N-methyl/N-ethyl adjacent to an activating group) is 1. The van der Waals surface area contributed by atoms with Gasteiger partial charge >= 0.3 is 17.9 Å².